The molecule has 0 bridgehead atoms. The molecule has 156 valence electrons. The van der Waals surface area contributed by atoms with Crippen LogP contribution in [0.15, 0.2) is 48.9 Å². The van der Waals surface area contributed by atoms with Crippen LogP contribution < -0.4 is 10.2 Å². The molecule has 10 heteroatoms. The third kappa shape index (κ3) is 4.66. The minimum Gasteiger partial charge on any atom is -0.477 e. The van der Waals surface area contributed by atoms with Crippen molar-refractivity contribution in [2.75, 3.05) is 18.0 Å². The van der Waals surface area contributed by atoms with Crippen LogP contribution in [0.3, 0.4) is 0 Å². The summed E-state index contributed by atoms with van der Waals surface area (Å²) in [5.41, 5.74) is 1.04. The van der Waals surface area contributed by atoms with Crippen molar-refractivity contribution < 1.29 is 19.4 Å². The standard InChI is InChI=1S/C20H21N5O4S/c26-18(17-21-7-8-22-17)24-14-6-9-25(20-23-10-16(30-20)19(27)28)11-15(14)29-12-13-4-2-1-3-5-13/h1-5,7-8,10,14-15H,6,9,11-12H2,(H,21,22)(H,24,26)(H,27,28). The number of ether oxygens (including phenoxy) is 1. The number of carboxylic acid groups (broad SMARTS) is 1. The number of amides is 1. The van der Waals surface area contributed by atoms with E-state index in [2.05, 4.69) is 20.3 Å². The number of aromatic amines is 1. The summed E-state index contributed by atoms with van der Waals surface area (Å²) in [5.74, 6) is -1.02. The normalized spacial score (nSPS) is 18.9. The van der Waals surface area contributed by atoms with Crippen molar-refractivity contribution in [1.82, 2.24) is 20.3 Å². The van der Waals surface area contributed by atoms with Crippen LogP contribution in [-0.2, 0) is 11.3 Å². The maximum Gasteiger partial charge on any atom is 0.347 e. The minimum absolute atomic E-state index is 0.194. The number of hydrogen-bond acceptors (Lipinski definition) is 7. The summed E-state index contributed by atoms with van der Waals surface area (Å²) >= 11 is 1.13. The van der Waals surface area contributed by atoms with E-state index in [1.165, 1.54) is 12.4 Å². The molecule has 1 fully saturated rings. The Morgan fingerprint density at radius 3 is 2.83 bits per heavy atom. The number of H-pyrrole nitrogens is 1. The monoisotopic (exact) mass is 427 g/mol. The van der Waals surface area contributed by atoms with Gasteiger partial charge >= 0.3 is 5.97 Å². The number of carbonyl (C=O) groups is 2. The SMILES string of the molecule is O=C(NC1CCN(c2ncc(C(=O)O)s2)CC1OCc1ccccc1)c1ncc[nH]1. The zero-order chi connectivity index (χ0) is 20.9. The molecule has 2 atom stereocenters. The molecule has 2 aromatic heterocycles. The molecule has 1 aliphatic rings. The number of aromatic carboxylic acids is 1. The number of piperidine rings is 1. The lowest BCUT2D eigenvalue weighted by Crippen LogP contribution is -2.55. The zero-order valence-electron chi connectivity index (χ0n) is 16.0. The molecule has 30 heavy (non-hydrogen) atoms. The molecule has 1 saturated heterocycles. The highest BCUT2D eigenvalue weighted by molar-refractivity contribution is 7.17. The van der Waals surface area contributed by atoms with Crippen LogP contribution in [0.2, 0.25) is 0 Å². The van der Waals surface area contributed by atoms with E-state index in [1.807, 2.05) is 35.2 Å². The number of imidazole rings is 1. The van der Waals surface area contributed by atoms with E-state index in [0.29, 0.717) is 31.2 Å². The maximum atomic E-state index is 12.5. The molecule has 3 heterocycles. The number of aromatic nitrogens is 3. The van der Waals surface area contributed by atoms with E-state index in [4.69, 9.17) is 9.84 Å². The molecule has 3 N–H and O–H groups in total. The first-order valence-corrected chi connectivity index (χ1v) is 10.3. The number of thiazole rings is 1. The molecule has 1 aromatic carbocycles. The Balaban J connectivity index is 1.47. The van der Waals surface area contributed by atoms with Crippen molar-refractivity contribution in [2.45, 2.75) is 25.2 Å². The van der Waals surface area contributed by atoms with Gasteiger partial charge in [-0.15, -0.1) is 0 Å². The Bertz CT molecular complexity index is 992. The van der Waals surface area contributed by atoms with Crippen LogP contribution in [0.5, 0.6) is 0 Å². The summed E-state index contributed by atoms with van der Waals surface area (Å²) in [4.78, 5) is 36.9. The molecule has 2 unspecified atom stereocenters. The molecular weight excluding hydrogens is 406 g/mol. The van der Waals surface area contributed by atoms with E-state index in [1.54, 1.807) is 6.20 Å². The second-order valence-electron chi connectivity index (χ2n) is 6.90. The number of hydrogen-bond donors (Lipinski definition) is 3. The van der Waals surface area contributed by atoms with Crippen molar-refractivity contribution in [3.63, 3.8) is 0 Å². The Morgan fingerprint density at radius 1 is 1.30 bits per heavy atom. The number of rotatable bonds is 7. The average molecular weight is 427 g/mol. The second kappa shape index (κ2) is 9.06. The van der Waals surface area contributed by atoms with Crippen LogP contribution in [0.25, 0.3) is 0 Å². The fraction of sp³-hybridized carbons (Fsp3) is 0.300. The van der Waals surface area contributed by atoms with Crippen LogP contribution in [-0.4, -0.2) is 57.2 Å². The quantitative estimate of drug-likeness (QED) is 0.528. The summed E-state index contributed by atoms with van der Waals surface area (Å²) in [6.07, 6.45) is 4.84. The predicted molar refractivity (Wildman–Crippen MR) is 111 cm³/mol. The highest BCUT2D eigenvalue weighted by Gasteiger charge is 2.33. The number of benzene rings is 1. The maximum absolute atomic E-state index is 12.5. The molecule has 0 spiro atoms. The van der Waals surface area contributed by atoms with Gasteiger partial charge in [-0.25, -0.2) is 14.8 Å². The van der Waals surface area contributed by atoms with Crippen molar-refractivity contribution in [3.05, 3.63) is 65.2 Å². The average Bonchev–Trinajstić information content (AvgIpc) is 3.46. The van der Waals surface area contributed by atoms with Gasteiger partial charge in [0.25, 0.3) is 5.91 Å². The molecule has 0 radical (unpaired) electrons. The highest BCUT2D eigenvalue weighted by atomic mass is 32.1. The molecule has 9 nitrogen and oxygen atoms in total. The molecule has 1 aliphatic heterocycles. The second-order valence-corrected chi connectivity index (χ2v) is 7.91. The lowest BCUT2D eigenvalue weighted by molar-refractivity contribution is 0.00961. The Hall–Kier alpha value is -3.24. The molecule has 3 aromatic rings. The van der Waals surface area contributed by atoms with Crippen LogP contribution in [0.4, 0.5) is 5.13 Å². The summed E-state index contributed by atoms with van der Waals surface area (Å²) in [6.45, 7) is 1.52. The van der Waals surface area contributed by atoms with Gasteiger partial charge in [0.2, 0.25) is 0 Å². The lowest BCUT2D eigenvalue weighted by atomic mass is 10.0. The van der Waals surface area contributed by atoms with Gasteiger partial charge in [-0.1, -0.05) is 41.7 Å². The fourth-order valence-corrected chi connectivity index (χ4v) is 4.13. The van der Waals surface area contributed by atoms with Gasteiger partial charge in [-0.2, -0.15) is 0 Å². The molecule has 1 amide bonds. The van der Waals surface area contributed by atoms with Gasteiger partial charge < -0.3 is 25.0 Å². The van der Waals surface area contributed by atoms with Crippen molar-refractivity contribution >= 4 is 28.3 Å². The summed E-state index contributed by atoms with van der Waals surface area (Å²) in [7, 11) is 0. The molecule has 4 rings (SSSR count). The number of anilines is 1. The number of carboxylic acids is 1. The van der Waals surface area contributed by atoms with Gasteiger partial charge in [0.15, 0.2) is 11.0 Å². The highest BCUT2D eigenvalue weighted by Crippen LogP contribution is 2.27. The first-order valence-electron chi connectivity index (χ1n) is 9.50. The van der Waals surface area contributed by atoms with Crippen LogP contribution in [0, 0.1) is 0 Å². The minimum atomic E-state index is -0.990. The van der Waals surface area contributed by atoms with E-state index < -0.39 is 5.97 Å². The van der Waals surface area contributed by atoms with E-state index in [9.17, 15) is 9.59 Å². The van der Waals surface area contributed by atoms with Gasteiger partial charge in [-0.3, -0.25) is 4.79 Å². The van der Waals surface area contributed by atoms with Crippen LogP contribution in [0.1, 0.15) is 32.3 Å². The van der Waals surface area contributed by atoms with Crippen molar-refractivity contribution in [3.8, 4) is 0 Å². The first kappa shape index (κ1) is 20.0. The van der Waals surface area contributed by atoms with Crippen molar-refractivity contribution in [2.24, 2.45) is 0 Å². The van der Waals surface area contributed by atoms with Gasteiger partial charge in [-0.05, 0) is 12.0 Å². The third-order valence-electron chi connectivity index (χ3n) is 4.87. The summed E-state index contributed by atoms with van der Waals surface area (Å²) in [6, 6.07) is 9.60. The smallest absolute Gasteiger partial charge is 0.347 e. The van der Waals surface area contributed by atoms with Gasteiger partial charge in [0.05, 0.1) is 24.9 Å². The van der Waals surface area contributed by atoms with Gasteiger partial charge in [0.1, 0.15) is 4.88 Å². The summed E-state index contributed by atoms with van der Waals surface area (Å²) < 4.78 is 6.18. The van der Waals surface area contributed by atoms with E-state index in [-0.39, 0.29) is 28.8 Å². The largest absolute Gasteiger partial charge is 0.477 e. The van der Waals surface area contributed by atoms with E-state index in [0.717, 1.165) is 16.9 Å². The Kier molecular flexibility index (Phi) is 6.05. The number of nitrogens with zero attached hydrogens (tertiary/aromatic N) is 3. The van der Waals surface area contributed by atoms with Crippen molar-refractivity contribution in [1.29, 1.82) is 0 Å². The summed E-state index contributed by atoms with van der Waals surface area (Å²) in [5, 5.41) is 12.8. The van der Waals surface area contributed by atoms with Gasteiger partial charge in [0, 0.05) is 25.5 Å². The molecule has 0 aliphatic carbocycles. The number of nitrogens with one attached hydrogen (secondary N) is 2. The predicted octanol–water partition coefficient (Wildman–Crippen LogP) is 2.16. The van der Waals surface area contributed by atoms with E-state index >= 15 is 0 Å². The zero-order valence-corrected chi connectivity index (χ0v) is 16.8. The fourth-order valence-electron chi connectivity index (χ4n) is 3.34. The first-order chi connectivity index (χ1) is 14.6. The Labute approximate surface area is 176 Å². The topological polar surface area (TPSA) is 120 Å². The molecule has 0 saturated carbocycles. The van der Waals surface area contributed by atoms with Crippen LogP contribution >= 0.6 is 11.3 Å². The lowest BCUT2D eigenvalue weighted by Gasteiger charge is -2.38. The molecular formula is C20H21N5O4S. The third-order valence-corrected chi connectivity index (χ3v) is 5.92. The Morgan fingerprint density at radius 2 is 2.13 bits per heavy atom. The number of carbonyl (C=O) groups excluding carboxylic acids is 1.